The van der Waals surface area contributed by atoms with Gasteiger partial charge in [0.05, 0.1) is 19.4 Å². The van der Waals surface area contributed by atoms with Gasteiger partial charge >= 0.3 is 5.65 Å². The number of H-pyrrole nitrogens is 1. The van der Waals surface area contributed by atoms with Gasteiger partial charge in [-0.25, -0.2) is 4.57 Å². The van der Waals surface area contributed by atoms with E-state index in [2.05, 4.69) is 25.6 Å². The molecule has 0 aromatic carbocycles. The van der Waals surface area contributed by atoms with Crippen molar-refractivity contribution in [3.05, 3.63) is 12.7 Å². The van der Waals surface area contributed by atoms with Crippen LogP contribution in [0.1, 0.15) is 26.0 Å². The summed E-state index contributed by atoms with van der Waals surface area (Å²) in [5.74, 6) is -0.0708. The van der Waals surface area contributed by atoms with Crippen LogP contribution >= 0.6 is 0 Å². The predicted molar refractivity (Wildman–Crippen MR) is 107 cm³/mol. The Morgan fingerprint density at radius 3 is 3.00 bits per heavy atom. The van der Waals surface area contributed by atoms with Crippen molar-refractivity contribution in [3.8, 4) is 0 Å². The maximum atomic E-state index is 13.0. The van der Waals surface area contributed by atoms with Gasteiger partial charge in [0, 0.05) is 7.11 Å². The number of methoxy groups -OCH3 is 1. The van der Waals surface area contributed by atoms with Crippen molar-refractivity contribution in [3.63, 3.8) is 0 Å². The molecule has 0 radical (unpaired) electrons. The van der Waals surface area contributed by atoms with Gasteiger partial charge in [-0.05, 0) is 6.42 Å². The number of imidazole rings is 1. The van der Waals surface area contributed by atoms with Gasteiger partial charge in [-0.1, -0.05) is 18.3 Å². The summed E-state index contributed by atoms with van der Waals surface area (Å²) < 4.78 is 17.5. The monoisotopic (exact) mass is 440 g/mol. The first kappa shape index (κ1) is 23.2. The van der Waals surface area contributed by atoms with Crippen LogP contribution in [-0.2, 0) is 19.0 Å². The molecular weight excluding hydrogens is 410 g/mol. The minimum absolute atomic E-state index is 0.102. The zero-order chi connectivity index (χ0) is 22.4. The van der Waals surface area contributed by atoms with E-state index in [1.165, 1.54) is 13.4 Å². The molecule has 2 aromatic rings. The maximum Gasteiger partial charge on any atom is 0.309 e. The first-order valence-corrected chi connectivity index (χ1v) is 10.0. The standard InChI is InChI=1S/C18H29N7O6/c1-3-4-10(23-8-30-9-29-2)17(28)24-12-14(27)11(5-26)31-18(12)25-7-22-13-15(19)20-6-21-16(13)25/h6-7,10-12,14,18,23,26-27H,3-5,8-9H2,1-2H3,(H3,19,20,21,24,28)/p+1/t10?,11-,12?,14?,18-/m1/s1. The minimum Gasteiger partial charge on any atom is -0.394 e. The van der Waals surface area contributed by atoms with Crippen LogP contribution in [0, 0.1) is 0 Å². The Bertz CT molecular complexity index is 865. The molecule has 172 valence electrons. The Hall–Kier alpha value is -2.42. The number of hydrogen-bond donors (Lipinski definition) is 6. The lowest BCUT2D eigenvalue weighted by molar-refractivity contribution is -0.740. The number of hydrogen-bond acceptors (Lipinski definition) is 10. The summed E-state index contributed by atoms with van der Waals surface area (Å²) in [6, 6.07) is -1.39. The average molecular weight is 440 g/mol. The van der Waals surface area contributed by atoms with Crippen LogP contribution in [0.15, 0.2) is 12.7 Å². The highest BCUT2D eigenvalue weighted by Crippen LogP contribution is 2.27. The third-order valence-corrected chi connectivity index (χ3v) is 5.11. The van der Waals surface area contributed by atoms with Crippen LogP contribution in [0.25, 0.3) is 11.2 Å². The molecule has 3 unspecified atom stereocenters. The number of rotatable bonds is 11. The Morgan fingerprint density at radius 1 is 1.48 bits per heavy atom. The van der Waals surface area contributed by atoms with Crippen LogP contribution < -0.4 is 20.9 Å². The number of fused-ring (bicyclic) bond motifs is 1. The van der Waals surface area contributed by atoms with Crippen molar-refractivity contribution in [2.45, 2.75) is 50.3 Å². The summed E-state index contributed by atoms with van der Waals surface area (Å²) in [5.41, 5.74) is 6.82. The number of nitrogen functional groups attached to an aromatic ring is 1. The molecule has 5 atom stereocenters. The van der Waals surface area contributed by atoms with E-state index in [4.69, 9.17) is 19.9 Å². The number of nitrogens with two attached hydrogens (primary N) is 1. The summed E-state index contributed by atoms with van der Waals surface area (Å²) in [5, 5.41) is 26.2. The fourth-order valence-corrected chi connectivity index (χ4v) is 3.57. The van der Waals surface area contributed by atoms with E-state index in [1.54, 1.807) is 10.9 Å². The van der Waals surface area contributed by atoms with E-state index >= 15 is 0 Å². The average Bonchev–Trinajstić information content (AvgIpc) is 3.32. The first-order chi connectivity index (χ1) is 15.0. The molecule has 31 heavy (non-hydrogen) atoms. The summed E-state index contributed by atoms with van der Waals surface area (Å²) >= 11 is 0. The molecule has 0 spiro atoms. The minimum atomic E-state index is -1.14. The second-order valence-corrected chi connectivity index (χ2v) is 7.21. The van der Waals surface area contributed by atoms with Gasteiger partial charge in [0.1, 0.15) is 25.0 Å². The van der Waals surface area contributed by atoms with Crippen molar-refractivity contribution in [1.29, 1.82) is 0 Å². The zero-order valence-electron chi connectivity index (χ0n) is 17.5. The summed E-state index contributed by atoms with van der Waals surface area (Å²) in [6.45, 7) is 1.78. The topological polar surface area (TPSA) is 181 Å². The van der Waals surface area contributed by atoms with E-state index in [9.17, 15) is 15.0 Å². The van der Waals surface area contributed by atoms with Crippen molar-refractivity contribution in [2.75, 3.05) is 33.0 Å². The number of ether oxygens (including phenoxy) is 3. The second-order valence-electron chi connectivity index (χ2n) is 7.21. The van der Waals surface area contributed by atoms with Gasteiger partial charge in [-0.3, -0.25) is 15.1 Å². The smallest absolute Gasteiger partial charge is 0.309 e. The molecule has 1 amide bonds. The summed E-state index contributed by atoms with van der Waals surface area (Å²) in [7, 11) is 1.51. The molecule has 13 heteroatoms. The van der Waals surface area contributed by atoms with Gasteiger partial charge in [0.15, 0.2) is 18.5 Å². The largest absolute Gasteiger partial charge is 0.394 e. The van der Waals surface area contributed by atoms with E-state index in [0.29, 0.717) is 17.6 Å². The summed E-state index contributed by atoms with van der Waals surface area (Å²) in [6.07, 6.45) is 1.36. The molecule has 13 nitrogen and oxygen atoms in total. The van der Waals surface area contributed by atoms with Gasteiger partial charge in [0.2, 0.25) is 17.7 Å². The molecule has 3 heterocycles. The number of aliphatic hydroxyl groups is 2. The first-order valence-electron chi connectivity index (χ1n) is 10.0. The number of carbonyl (C=O) groups excluding carboxylic acids is 1. The number of anilines is 1. The fraction of sp³-hybridized carbons (Fsp3) is 0.667. The fourth-order valence-electron chi connectivity index (χ4n) is 3.57. The Morgan fingerprint density at radius 2 is 2.29 bits per heavy atom. The number of aliphatic hydroxyl groups excluding tert-OH is 2. The normalized spacial score (nSPS) is 24.5. The number of nitrogens with one attached hydrogen (secondary N) is 3. The second kappa shape index (κ2) is 10.7. The molecule has 3 rings (SSSR count). The Kier molecular flexibility index (Phi) is 8.06. The number of nitrogens with zero attached hydrogens (tertiary/aromatic N) is 3. The van der Waals surface area contributed by atoms with Crippen molar-refractivity contribution < 1.29 is 33.8 Å². The van der Waals surface area contributed by atoms with Gasteiger partial charge in [0.25, 0.3) is 0 Å². The number of aromatic amines is 1. The van der Waals surface area contributed by atoms with E-state index < -0.39 is 37.1 Å². The molecule has 1 fully saturated rings. The molecular formula is C18H30N7O6+. The molecule has 1 saturated heterocycles. The third-order valence-electron chi connectivity index (χ3n) is 5.11. The molecule has 0 bridgehead atoms. The molecule has 0 saturated carbocycles. The highest BCUT2D eigenvalue weighted by molar-refractivity contribution is 5.82. The van der Waals surface area contributed by atoms with Crippen LogP contribution in [-0.4, -0.2) is 82.6 Å². The quantitative estimate of drug-likeness (QED) is 0.129. The Labute approximate surface area is 178 Å². The molecule has 7 N–H and O–H groups in total. The Balaban J connectivity index is 1.80. The third kappa shape index (κ3) is 5.08. The van der Waals surface area contributed by atoms with Crippen molar-refractivity contribution >= 4 is 22.9 Å². The van der Waals surface area contributed by atoms with E-state index in [0.717, 1.165) is 6.42 Å². The van der Waals surface area contributed by atoms with E-state index in [1.807, 2.05) is 6.92 Å². The van der Waals surface area contributed by atoms with Gasteiger partial charge < -0.3 is 35.5 Å². The zero-order valence-corrected chi connectivity index (χ0v) is 17.5. The van der Waals surface area contributed by atoms with E-state index in [-0.39, 0.29) is 25.2 Å². The number of carbonyl (C=O) groups is 1. The molecule has 1 aliphatic rings. The van der Waals surface area contributed by atoms with Gasteiger partial charge in [-0.15, -0.1) is 0 Å². The lowest BCUT2D eigenvalue weighted by Gasteiger charge is -2.24. The maximum absolute atomic E-state index is 13.0. The highest BCUT2D eigenvalue weighted by atomic mass is 16.7. The van der Waals surface area contributed by atoms with Crippen LogP contribution in [0.4, 0.5) is 5.82 Å². The SMILES string of the molecule is CCCC(NCOCOC)C(=O)NC1C(O)[C@@H](CO)O[C@H]1[n+]1c[nH]c2c(N)ncnc21. The van der Waals surface area contributed by atoms with Crippen LogP contribution in [0.5, 0.6) is 0 Å². The lowest BCUT2D eigenvalue weighted by Crippen LogP contribution is -2.57. The van der Waals surface area contributed by atoms with Gasteiger partial charge in [-0.2, -0.15) is 4.98 Å². The lowest BCUT2D eigenvalue weighted by atomic mass is 10.1. The van der Waals surface area contributed by atoms with Crippen molar-refractivity contribution in [2.24, 2.45) is 0 Å². The van der Waals surface area contributed by atoms with Crippen molar-refractivity contribution in [1.82, 2.24) is 25.6 Å². The molecule has 1 aliphatic heterocycles. The number of amides is 1. The van der Waals surface area contributed by atoms with Crippen LogP contribution in [0.3, 0.4) is 0 Å². The summed E-state index contributed by atoms with van der Waals surface area (Å²) in [4.78, 5) is 24.1. The predicted octanol–water partition coefficient (Wildman–Crippen LogP) is -2.10. The van der Waals surface area contributed by atoms with Crippen LogP contribution in [0.2, 0.25) is 0 Å². The molecule has 0 aliphatic carbocycles. The number of aromatic nitrogens is 4. The highest BCUT2D eigenvalue weighted by Gasteiger charge is 2.48. The molecule has 2 aromatic heterocycles.